The molecular weight excluding hydrogens is 182 g/mol. The van der Waals surface area contributed by atoms with E-state index in [0.29, 0.717) is 0 Å². The highest BCUT2D eigenvalue weighted by molar-refractivity contribution is 5.42. The number of rotatable bonds is 3. The minimum atomic E-state index is 0.754. The molecule has 0 aliphatic heterocycles. The summed E-state index contributed by atoms with van der Waals surface area (Å²) in [6.07, 6.45) is 4.00. The quantitative estimate of drug-likeness (QED) is 0.792. The van der Waals surface area contributed by atoms with Crippen LogP contribution in [0.25, 0.3) is 0 Å². The molecule has 1 heteroatoms. The van der Waals surface area contributed by atoms with Crippen molar-refractivity contribution in [2.24, 2.45) is 0 Å². The van der Waals surface area contributed by atoms with Gasteiger partial charge in [0.05, 0.1) is 0 Å². The van der Waals surface area contributed by atoms with E-state index in [2.05, 4.69) is 36.5 Å². The van der Waals surface area contributed by atoms with E-state index in [1.54, 1.807) is 11.1 Å². The van der Waals surface area contributed by atoms with E-state index in [4.69, 9.17) is 0 Å². The van der Waals surface area contributed by atoms with Crippen LogP contribution in [0.5, 0.6) is 0 Å². The van der Waals surface area contributed by atoms with Gasteiger partial charge in [0.1, 0.15) is 0 Å². The third-order valence-electron chi connectivity index (χ3n) is 4.05. The SMILES string of the molecule is CCCN[C@@H]1CC2C[C@@H]1c1ccccc12. The van der Waals surface area contributed by atoms with Gasteiger partial charge in [0, 0.05) is 12.0 Å². The first-order valence-electron chi connectivity index (χ1n) is 6.22. The second-order valence-corrected chi connectivity index (χ2v) is 4.96. The molecular formula is C14H19N. The molecule has 3 atom stereocenters. The highest BCUT2D eigenvalue weighted by atomic mass is 14.9. The Hall–Kier alpha value is -0.820. The number of fused-ring (bicyclic) bond motifs is 5. The molecule has 2 aliphatic carbocycles. The van der Waals surface area contributed by atoms with Crippen LogP contribution in [0.4, 0.5) is 0 Å². The van der Waals surface area contributed by atoms with E-state index in [1.807, 2.05) is 0 Å². The summed E-state index contributed by atoms with van der Waals surface area (Å²) in [4.78, 5) is 0. The molecule has 1 nitrogen and oxygen atoms in total. The van der Waals surface area contributed by atoms with Crippen molar-refractivity contribution in [3.63, 3.8) is 0 Å². The summed E-state index contributed by atoms with van der Waals surface area (Å²) in [5.74, 6) is 1.65. The largest absolute Gasteiger partial charge is 0.313 e. The molecule has 0 spiro atoms. The topological polar surface area (TPSA) is 12.0 Å². The van der Waals surface area contributed by atoms with Gasteiger partial charge < -0.3 is 5.32 Å². The smallest absolute Gasteiger partial charge is 0.0142 e. The number of hydrogen-bond donors (Lipinski definition) is 1. The maximum Gasteiger partial charge on any atom is 0.0142 e. The Morgan fingerprint density at radius 1 is 1.20 bits per heavy atom. The first-order chi connectivity index (χ1) is 7.40. The van der Waals surface area contributed by atoms with E-state index in [0.717, 1.165) is 17.9 Å². The third-order valence-corrected chi connectivity index (χ3v) is 4.05. The molecule has 1 fully saturated rings. The van der Waals surface area contributed by atoms with Gasteiger partial charge in [-0.15, -0.1) is 0 Å². The Balaban J connectivity index is 1.82. The lowest BCUT2D eigenvalue weighted by atomic mass is 9.88. The average Bonchev–Trinajstić information content (AvgIpc) is 2.85. The van der Waals surface area contributed by atoms with Gasteiger partial charge in [-0.3, -0.25) is 0 Å². The lowest BCUT2D eigenvalue weighted by Gasteiger charge is -2.25. The molecule has 15 heavy (non-hydrogen) atoms. The number of hydrogen-bond acceptors (Lipinski definition) is 1. The van der Waals surface area contributed by atoms with Crippen LogP contribution in [0.15, 0.2) is 24.3 Å². The molecule has 0 radical (unpaired) electrons. The molecule has 1 aromatic rings. The molecule has 2 bridgehead atoms. The molecule has 0 amide bonds. The van der Waals surface area contributed by atoms with Crippen molar-refractivity contribution < 1.29 is 0 Å². The monoisotopic (exact) mass is 201 g/mol. The zero-order valence-electron chi connectivity index (χ0n) is 9.37. The Bertz CT molecular complexity index is 358. The maximum atomic E-state index is 3.70. The summed E-state index contributed by atoms with van der Waals surface area (Å²) in [6.45, 7) is 3.42. The Morgan fingerprint density at radius 2 is 2.00 bits per heavy atom. The van der Waals surface area contributed by atoms with Crippen LogP contribution >= 0.6 is 0 Å². The zero-order chi connectivity index (χ0) is 10.3. The van der Waals surface area contributed by atoms with Crippen LogP contribution in [0.2, 0.25) is 0 Å². The molecule has 0 heterocycles. The Labute approximate surface area is 91.9 Å². The second-order valence-electron chi connectivity index (χ2n) is 4.96. The molecule has 0 aromatic heterocycles. The molecule has 80 valence electrons. The van der Waals surface area contributed by atoms with Crippen LogP contribution in [0.3, 0.4) is 0 Å². The highest BCUT2D eigenvalue weighted by Gasteiger charge is 2.42. The summed E-state index contributed by atoms with van der Waals surface area (Å²) < 4.78 is 0. The van der Waals surface area contributed by atoms with Gasteiger partial charge in [0.2, 0.25) is 0 Å². The van der Waals surface area contributed by atoms with Crippen molar-refractivity contribution in [3.8, 4) is 0 Å². The summed E-state index contributed by atoms with van der Waals surface area (Å²) in [5.41, 5.74) is 3.26. The van der Waals surface area contributed by atoms with Crippen molar-refractivity contribution in [1.29, 1.82) is 0 Å². The van der Waals surface area contributed by atoms with Crippen LogP contribution in [0.1, 0.15) is 49.1 Å². The van der Waals surface area contributed by atoms with Gasteiger partial charge in [-0.1, -0.05) is 31.2 Å². The van der Waals surface area contributed by atoms with Gasteiger partial charge >= 0.3 is 0 Å². The first kappa shape index (κ1) is 9.41. The van der Waals surface area contributed by atoms with Gasteiger partial charge in [0.15, 0.2) is 0 Å². The molecule has 1 saturated carbocycles. The lowest BCUT2D eigenvalue weighted by Crippen LogP contribution is -2.33. The fraction of sp³-hybridized carbons (Fsp3) is 0.571. The average molecular weight is 201 g/mol. The van der Waals surface area contributed by atoms with Crippen LogP contribution in [-0.4, -0.2) is 12.6 Å². The minimum absolute atomic E-state index is 0.754. The van der Waals surface area contributed by atoms with E-state index in [1.165, 1.54) is 25.8 Å². The van der Waals surface area contributed by atoms with E-state index < -0.39 is 0 Å². The lowest BCUT2D eigenvalue weighted by molar-refractivity contribution is 0.466. The predicted molar refractivity (Wildman–Crippen MR) is 63.2 cm³/mol. The van der Waals surface area contributed by atoms with Crippen molar-refractivity contribution in [1.82, 2.24) is 5.32 Å². The molecule has 1 unspecified atom stereocenters. The predicted octanol–water partition coefficient (Wildman–Crippen LogP) is 3.03. The summed E-state index contributed by atoms with van der Waals surface area (Å²) >= 11 is 0. The summed E-state index contributed by atoms with van der Waals surface area (Å²) in [6, 6.07) is 9.80. The molecule has 2 aliphatic rings. The van der Waals surface area contributed by atoms with Crippen molar-refractivity contribution in [3.05, 3.63) is 35.4 Å². The maximum absolute atomic E-state index is 3.70. The molecule has 0 saturated heterocycles. The first-order valence-corrected chi connectivity index (χ1v) is 6.22. The van der Waals surface area contributed by atoms with Gasteiger partial charge in [-0.2, -0.15) is 0 Å². The summed E-state index contributed by atoms with van der Waals surface area (Å²) in [5, 5.41) is 3.70. The summed E-state index contributed by atoms with van der Waals surface area (Å²) in [7, 11) is 0. The highest BCUT2D eigenvalue weighted by Crippen LogP contribution is 2.52. The zero-order valence-corrected chi connectivity index (χ0v) is 9.37. The molecule has 1 N–H and O–H groups in total. The van der Waals surface area contributed by atoms with Crippen LogP contribution in [-0.2, 0) is 0 Å². The standard InChI is InChI=1S/C14H19N/c1-2-7-15-14-9-10-8-13(14)12-6-4-3-5-11(10)12/h3-6,10,13-15H,2,7-9H2,1H3/t10?,13-,14-/m1/s1. The number of nitrogens with one attached hydrogen (secondary N) is 1. The fourth-order valence-corrected chi connectivity index (χ4v) is 3.41. The van der Waals surface area contributed by atoms with Gasteiger partial charge in [-0.05, 0) is 42.9 Å². The normalized spacial score (nSPS) is 31.9. The van der Waals surface area contributed by atoms with Gasteiger partial charge in [0.25, 0.3) is 0 Å². The minimum Gasteiger partial charge on any atom is -0.313 e. The molecule has 1 aromatic carbocycles. The van der Waals surface area contributed by atoms with E-state index >= 15 is 0 Å². The number of benzene rings is 1. The second kappa shape index (κ2) is 3.64. The van der Waals surface area contributed by atoms with Crippen LogP contribution in [0, 0.1) is 0 Å². The Morgan fingerprint density at radius 3 is 2.80 bits per heavy atom. The van der Waals surface area contributed by atoms with Crippen molar-refractivity contribution in [2.45, 2.75) is 44.1 Å². The molecule has 3 rings (SSSR count). The Kier molecular flexibility index (Phi) is 2.28. The van der Waals surface area contributed by atoms with E-state index in [9.17, 15) is 0 Å². The van der Waals surface area contributed by atoms with Gasteiger partial charge in [-0.25, -0.2) is 0 Å². The van der Waals surface area contributed by atoms with Crippen molar-refractivity contribution in [2.75, 3.05) is 6.54 Å². The van der Waals surface area contributed by atoms with Crippen LogP contribution < -0.4 is 5.32 Å². The third kappa shape index (κ3) is 1.41. The fourth-order valence-electron chi connectivity index (χ4n) is 3.41. The van der Waals surface area contributed by atoms with E-state index in [-0.39, 0.29) is 0 Å². The van der Waals surface area contributed by atoms with Crippen molar-refractivity contribution >= 4 is 0 Å².